The first-order valence-corrected chi connectivity index (χ1v) is 5.87. The summed E-state index contributed by atoms with van der Waals surface area (Å²) in [6.45, 7) is 5.87. The number of carboxylic acid groups (broad SMARTS) is 1. The Morgan fingerprint density at radius 3 is 2.50 bits per heavy atom. The molecule has 4 heteroatoms. The highest BCUT2D eigenvalue weighted by molar-refractivity contribution is 5.74. The van der Waals surface area contributed by atoms with Crippen LogP contribution in [-0.4, -0.2) is 31.8 Å². The number of benzene rings is 1. The number of methoxy groups -OCH3 is 1. The smallest absolute Gasteiger partial charge is 0.310 e. The Morgan fingerprint density at radius 2 is 2.06 bits per heavy atom. The van der Waals surface area contributed by atoms with Gasteiger partial charge in [0.05, 0.1) is 12.5 Å². The second kappa shape index (κ2) is 5.29. The molecule has 0 aliphatic heterocycles. The van der Waals surface area contributed by atoms with E-state index in [0.717, 1.165) is 17.0 Å². The summed E-state index contributed by atoms with van der Waals surface area (Å²) in [6.07, 6.45) is 0. The van der Waals surface area contributed by atoms with Gasteiger partial charge < -0.3 is 14.7 Å². The van der Waals surface area contributed by atoms with Crippen molar-refractivity contribution in [1.82, 2.24) is 0 Å². The predicted octanol–water partition coefficient (Wildman–Crippen LogP) is 2.55. The molecular weight excluding hydrogens is 230 g/mol. The van der Waals surface area contributed by atoms with Crippen molar-refractivity contribution < 1.29 is 14.6 Å². The van der Waals surface area contributed by atoms with Gasteiger partial charge in [-0.15, -0.1) is 0 Å². The molecule has 0 radical (unpaired) electrons. The van der Waals surface area contributed by atoms with Crippen LogP contribution in [0.3, 0.4) is 0 Å². The zero-order valence-electron chi connectivity index (χ0n) is 11.7. The van der Waals surface area contributed by atoms with E-state index in [1.807, 2.05) is 37.1 Å². The summed E-state index contributed by atoms with van der Waals surface area (Å²) >= 11 is 0. The molecule has 0 atom stereocenters. The van der Waals surface area contributed by atoms with Crippen molar-refractivity contribution in [2.45, 2.75) is 20.8 Å². The fraction of sp³-hybridized carbons (Fsp3) is 0.500. The fourth-order valence-electron chi connectivity index (χ4n) is 1.85. The SMILES string of the molecule is COc1ccc(N(C)CC(C)(C)C(=O)O)cc1C. The minimum Gasteiger partial charge on any atom is -0.496 e. The van der Waals surface area contributed by atoms with E-state index in [4.69, 9.17) is 9.84 Å². The zero-order valence-corrected chi connectivity index (χ0v) is 11.7. The van der Waals surface area contributed by atoms with Gasteiger partial charge in [0, 0.05) is 19.3 Å². The number of aliphatic carboxylic acids is 1. The summed E-state index contributed by atoms with van der Waals surface area (Å²) in [6, 6.07) is 5.83. The van der Waals surface area contributed by atoms with Crippen molar-refractivity contribution >= 4 is 11.7 Å². The molecule has 0 saturated heterocycles. The lowest BCUT2D eigenvalue weighted by Gasteiger charge is -2.28. The van der Waals surface area contributed by atoms with Gasteiger partial charge in [-0.2, -0.15) is 0 Å². The highest BCUT2D eigenvalue weighted by Gasteiger charge is 2.28. The van der Waals surface area contributed by atoms with E-state index in [1.165, 1.54) is 0 Å². The van der Waals surface area contributed by atoms with Crippen LogP contribution < -0.4 is 9.64 Å². The van der Waals surface area contributed by atoms with E-state index in [1.54, 1.807) is 21.0 Å². The van der Waals surface area contributed by atoms with E-state index < -0.39 is 11.4 Å². The van der Waals surface area contributed by atoms with Gasteiger partial charge >= 0.3 is 5.97 Å². The lowest BCUT2D eigenvalue weighted by Crippen LogP contribution is -2.37. The molecule has 0 aromatic heterocycles. The summed E-state index contributed by atoms with van der Waals surface area (Å²) in [5.74, 6) is 0.0456. The summed E-state index contributed by atoms with van der Waals surface area (Å²) in [5, 5.41) is 9.13. The predicted molar refractivity (Wildman–Crippen MR) is 72.4 cm³/mol. The first kappa shape index (κ1) is 14.4. The summed E-state index contributed by atoms with van der Waals surface area (Å²) in [4.78, 5) is 13.1. The topological polar surface area (TPSA) is 49.8 Å². The number of nitrogens with zero attached hydrogens (tertiary/aromatic N) is 1. The Kier molecular flexibility index (Phi) is 4.22. The summed E-state index contributed by atoms with van der Waals surface area (Å²) < 4.78 is 5.21. The van der Waals surface area contributed by atoms with Crippen molar-refractivity contribution in [3.63, 3.8) is 0 Å². The maximum Gasteiger partial charge on any atom is 0.310 e. The van der Waals surface area contributed by atoms with E-state index in [2.05, 4.69) is 0 Å². The number of hydrogen-bond acceptors (Lipinski definition) is 3. The lowest BCUT2D eigenvalue weighted by atomic mass is 9.93. The van der Waals surface area contributed by atoms with E-state index >= 15 is 0 Å². The van der Waals surface area contributed by atoms with Crippen LogP contribution in [0.2, 0.25) is 0 Å². The molecule has 0 fully saturated rings. The molecule has 4 nitrogen and oxygen atoms in total. The highest BCUT2D eigenvalue weighted by Crippen LogP contribution is 2.26. The zero-order chi connectivity index (χ0) is 13.9. The number of aryl methyl sites for hydroxylation is 1. The number of hydrogen-bond donors (Lipinski definition) is 1. The van der Waals surface area contributed by atoms with Gasteiger partial charge in [-0.05, 0) is 44.5 Å². The van der Waals surface area contributed by atoms with Crippen molar-refractivity contribution in [1.29, 1.82) is 0 Å². The summed E-state index contributed by atoms with van der Waals surface area (Å²) in [7, 11) is 3.53. The standard InChI is InChI=1S/C14H21NO3/c1-10-8-11(6-7-12(10)18-5)15(4)9-14(2,3)13(16)17/h6-8H,9H2,1-5H3,(H,16,17). The highest BCUT2D eigenvalue weighted by atomic mass is 16.5. The Labute approximate surface area is 108 Å². The van der Waals surface area contributed by atoms with Gasteiger partial charge in [-0.3, -0.25) is 4.79 Å². The van der Waals surface area contributed by atoms with Crippen LogP contribution in [0.25, 0.3) is 0 Å². The van der Waals surface area contributed by atoms with Crippen LogP contribution in [0.5, 0.6) is 5.75 Å². The van der Waals surface area contributed by atoms with Crippen LogP contribution >= 0.6 is 0 Å². The van der Waals surface area contributed by atoms with Crippen LogP contribution in [0.15, 0.2) is 18.2 Å². The number of rotatable bonds is 5. The molecule has 0 spiro atoms. The average Bonchev–Trinajstić information content (AvgIpc) is 2.28. The molecule has 0 unspecified atom stereocenters. The van der Waals surface area contributed by atoms with Gasteiger partial charge in [0.1, 0.15) is 5.75 Å². The Balaban J connectivity index is 2.88. The maximum atomic E-state index is 11.1. The van der Waals surface area contributed by atoms with Gasteiger partial charge in [0.15, 0.2) is 0 Å². The Morgan fingerprint density at radius 1 is 1.44 bits per heavy atom. The quantitative estimate of drug-likeness (QED) is 0.873. The minimum absolute atomic E-state index is 0.452. The van der Waals surface area contributed by atoms with Gasteiger partial charge in [0.25, 0.3) is 0 Å². The van der Waals surface area contributed by atoms with E-state index in [-0.39, 0.29) is 0 Å². The van der Waals surface area contributed by atoms with Crippen molar-refractivity contribution in [3.05, 3.63) is 23.8 Å². The number of carboxylic acids is 1. The molecule has 0 aliphatic rings. The first-order chi connectivity index (χ1) is 8.27. The molecule has 1 aromatic rings. The maximum absolute atomic E-state index is 11.1. The molecule has 0 heterocycles. The molecule has 0 aliphatic carbocycles. The third kappa shape index (κ3) is 3.15. The van der Waals surface area contributed by atoms with Crippen molar-refractivity contribution in [3.8, 4) is 5.75 Å². The third-order valence-electron chi connectivity index (χ3n) is 3.03. The molecule has 0 bridgehead atoms. The van der Waals surface area contributed by atoms with Gasteiger partial charge in [0.2, 0.25) is 0 Å². The third-order valence-corrected chi connectivity index (χ3v) is 3.03. The second-order valence-electron chi connectivity index (χ2n) is 5.20. The van der Waals surface area contributed by atoms with Crippen LogP contribution in [0.1, 0.15) is 19.4 Å². The fourth-order valence-corrected chi connectivity index (χ4v) is 1.85. The number of carbonyl (C=O) groups is 1. The average molecular weight is 251 g/mol. The molecule has 0 amide bonds. The van der Waals surface area contributed by atoms with E-state index in [9.17, 15) is 4.79 Å². The molecule has 100 valence electrons. The van der Waals surface area contributed by atoms with E-state index in [0.29, 0.717) is 6.54 Å². The largest absolute Gasteiger partial charge is 0.496 e. The Bertz CT molecular complexity index is 441. The minimum atomic E-state index is -0.792. The van der Waals surface area contributed by atoms with Crippen LogP contribution in [0, 0.1) is 12.3 Å². The first-order valence-electron chi connectivity index (χ1n) is 5.87. The van der Waals surface area contributed by atoms with Gasteiger partial charge in [-0.1, -0.05) is 0 Å². The van der Waals surface area contributed by atoms with Crippen molar-refractivity contribution in [2.24, 2.45) is 5.41 Å². The molecule has 1 aromatic carbocycles. The monoisotopic (exact) mass is 251 g/mol. The van der Waals surface area contributed by atoms with Crippen LogP contribution in [-0.2, 0) is 4.79 Å². The lowest BCUT2D eigenvalue weighted by molar-refractivity contribution is -0.146. The number of anilines is 1. The Hall–Kier alpha value is -1.71. The normalized spacial score (nSPS) is 11.2. The molecule has 1 rings (SSSR count). The number of ether oxygens (including phenoxy) is 1. The summed E-state index contributed by atoms with van der Waals surface area (Å²) in [5.41, 5.74) is 1.25. The van der Waals surface area contributed by atoms with Crippen LogP contribution in [0.4, 0.5) is 5.69 Å². The van der Waals surface area contributed by atoms with Gasteiger partial charge in [-0.25, -0.2) is 0 Å². The molecule has 18 heavy (non-hydrogen) atoms. The molecule has 1 N–H and O–H groups in total. The molecular formula is C14H21NO3. The van der Waals surface area contributed by atoms with Crippen molar-refractivity contribution in [2.75, 3.05) is 25.6 Å². The molecule has 0 saturated carbocycles. The second-order valence-corrected chi connectivity index (χ2v) is 5.20.